The number of ether oxygens (including phenoxy) is 2. The van der Waals surface area contributed by atoms with Gasteiger partial charge in [0.1, 0.15) is 13.2 Å². The molecule has 140 valence electrons. The summed E-state index contributed by atoms with van der Waals surface area (Å²) in [6.45, 7) is 8.65. The lowest BCUT2D eigenvalue weighted by atomic mass is 10.1. The number of nitrogens with one attached hydrogen (secondary N) is 1. The van der Waals surface area contributed by atoms with Crippen molar-refractivity contribution in [3.63, 3.8) is 0 Å². The fourth-order valence-electron chi connectivity index (χ4n) is 2.80. The van der Waals surface area contributed by atoms with Crippen LogP contribution in [0.5, 0.6) is 11.5 Å². The highest BCUT2D eigenvalue weighted by molar-refractivity contribution is 8.00. The van der Waals surface area contributed by atoms with E-state index in [2.05, 4.69) is 21.8 Å². The van der Waals surface area contributed by atoms with E-state index in [1.54, 1.807) is 0 Å². The van der Waals surface area contributed by atoms with Crippen LogP contribution in [0.15, 0.2) is 29.6 Å². The molecule has 1 N–H and O–H groups in total. The molecule has 1 aliphatic rings. The maximum atomic E-state index is 12.1. The van der Waals surface area contributed by atoms with E-state index in [-0.39, 0.29) is 11.2 Å². The number of imidazole rings is 1. The van der Waals surface area contributed by atoms with E-state index >= 15 is 0 Å². The number of benzene rings is 1. The maximum Gasteiger partial charge on any atom is 0.233 e. The van der Waals surface area contributed by atoms with Crippen molar-refractivity contribution in [3.8, 4) is 22.8 Å². The average molecular weight is 375 g/mol. The molecule has 0 saturated carbocycles. The third-order valence-electron chi connectivity index (χ3n) is 4.17. The highest BCUT2D eigenvalue weighted by atomic mass is 32.2. The fraction of sp³-hybridized carbons (Fsp3) is 0.474. The summed E-state index contributed by atoms with van der Waals surface area (Å²) < 4.78 is 13.4. The number of aromatic nitrogens is 2. The zero-order chi connectivity index (χ0) is 18.5. The lowest BCUT2D eigenvalue weighted by Crippen LogP contribution is -2.31. The Bertz CT molecular complexity index is 775. The molecule has 2 aromatic rings. The van der Waals surface area contributed by atoms with E-state index in [0.717, 1.165) is 40.9 Å². The molecular weight excluding hydrogens is 350 g/mol. The Balaban J connectivity index is 1.81. The van der Waals surface area contributed by atoms with E-state index in [4.69, 9.17) is 9.47 Å². The molecule has 0 fully saturated rings. The van der Waals surface area contributed by atoms with Crippen LogP contribution >= 0.6 is 11.8 Å². The molecular formula is C19H25N3O3S. The first-order valence-electron chi connectivity index (χ1n) is 9.04. The van der Waals surface area contributed by atoms with E-state index in [1.807, 2.05) is 38.2 Å². The van der Waals surface area contributed by atoms with Crippen LogP contribution < -0.4 is 14.8 Å². The van der Waals surface area contributed by atoms with Crippen molar-refractivity contribution in [1.29, 1.82) is 0 Å². The van der Waals surface area contributed by atoms with Crippen LogP contribution in [0.25, 0.3) is 11.3 Å². The fourth-order valence-corrected chi connectivity index (χ4v) is 3.77. The Morgan fingerprint density at radius 3 is 2.81 bits per heavy atom. The molecule has 2 heterocycles. The van der Waals surface area contributed by atoms with Crippen molar-refractivity contribution in [1.82, 2.24) is 14.9 Å². The lowest BCUT2D eigenvalue weighted by Gasteiger charge is -2.19. The van der Waals surface area contributed by atoms with Crippen LogP contribution in [0.2, 0.25) is 0 Å². The molecule has 0 saturated heterocycles. The summed E-state index contributed by atoms with van der Waals surface area (Å²) in [5.41, 5.74) is 2.03. The number of hydrogen-bond donors (Lipinski definition) is 1. The number of nitrogens with zero attached hydrogens (tertiary/aromatic N) is 2. The second-order valence-electron chi connectivity index (χ2n) is 6.08. The Labute approximate surface area is 158 Å². The smallest absolute Gasteiger partial charge is 0.233 e. The van der Waals surface area contributed by atoms with E-state index in [9.17, 15) is 4.79 Å². The summed E-state index contributed by atoms with van der Waals surface area (Å²) in [5.74, 6) is 1.58. The van der Waals surface area contributed by atoms with Crippen LogP contribution in [0, 0.1) is 0 Å². The van der Waals surface area contributed by atoms with Crippen molar-refractivity contribution in [3.05, 3.63) is 24.4 Å². The molecule has 1 aliphatic heterocycles. The minimum absolute atomic E-state index is 0.0448. The number of fused-ring (bicyclic) bond motifs is 1. The van der Waals surface area contributed by atoms with Gasteiger partial charge in [-0.25, -0.2) is 4.98 Å². The van der Waals surface area contributed by atoms with Gasteiger partial charge in [0.25, 0.3) is 0 Å². The Morgan fingerprint density at radius 2 is 2.08 bits per heavy atom. The second-order valence-corrected chi connectivity index (χ2v) is 7.39. The molecule has 26 heavy (non-hydrogen) atoms. The molecule has 0 aliphatic carbocycles. The molecule has 1 aromatic carbocycles. The Kier molecular flexibility index (Phi) is 6.08. The molecule has 0 bridgehead atoms. The number of amides is 1. The third-order valence-corrected chi connectivity index (χ3v) is 5.28. The average Bonchev–Trinajstić information content (AvgIpc) is 3.08. The van der Waals surface area contributed by atoms with E-state index < -0.39 is 0 Å². The molecule has 1 amide bonds. The van der Waals surface area contributed by atoms with Crippen LogP contribution in [-0.2, 0) is 11.3 Å². The summed E-state index contributed by atoms with van der Waals surface area (Å²) >= 11 is 1.48. The van der Waals surface area contributed by atoms with Gasteiger partial charge in [-0.15, -0.1) is 0 Å². The van der Waals surface area contributed by atoms with Gasteiger partial charge >= 0.3 is 0 Å². The van der Waals surface area contributed by atoms with Crippen molar-refractivity contribution < 1.29 is 14.3 Å². The second kappa shape index (κ2) is 8.49. The quantitative estimate of drug-likeness (QED) is 0.752. The van der Waals surface area contributed by atoms with Gasteiger partial charge < -0.3 is 19.4 Å². The van der Waals surface area contributed by atoms with Crippen molar-refractivity contribution in [2.75, 3.05) is 19.8 Å². The maximum absolute atomic E-state index is 12.1. The Morgan fingerprint density at radius 1 is 1.31 bits per heavy atom. The number of hydrogen-bond acceptors (Lipinski definition) is 5. The number of carbonyl (C=O) groups excluding carboxylic acids is 1. The number of rotatable bonds is 7. The summed E-state index contributed by atoms with van der Waals surface area (Å²) in [6.07, 6.45) is 2.79. The third kappa shape index (κ3) is 3.98. The van der Waals surface area contributed by atoms with Crippen molar-refractivity contribution >= 4 is 17.7 Å². The van der Waals surface area contributed by atoms with Gasteiger partial charge in [0.15, 0.2) is 16.7 Å². The van der Waals surface area contributed by atoms with Crippen molar-refractivity contribution in [2.45, 2.75) is 44.1 Å². The van der Waals surface area contributed by atoms with Gasteiger partial charge in [-0.1, -0.05) is 18.7 Å². The monoisotopic (exact) mass is 375 g/mol. The molecule has 3 rings (SSSR count). The largest absolute Gasteiger partial charge is 0.486 e. The molecule has 1 unspecified atom stereocenters. The first kappa shape index (κ1) is 18.6. The molecule has 6 nitrogen and oxygen atoms in total. The lowest BCUT2D eigenvalue weighted by molar-refractivity contribution is -0.120. The minimum atomic E-state index is -0.192. The van der Waals surface area contributed by atoms with Crippen molar-refractivity contribution in [2.24, 2.45) is 0 Å². The first-order valence-corrected chi connectivity index (χ1v) is 9.91. The topological polar surface area (TPSA) is 65.4 Å². The van der Waals surface area contributed by atoms with E-state index in [1.165, 1.54) is 11.8 Å². The van der Waals surface area contributed by atoms with Gasteiger partial charge in [-0.3, -0.25) is 4.79 Å². The predicted molar refractivity (Wildman–Crippen MR) is 103 cm³/mol. The zero-order valence-electron chi connectivity index (χ0n) is 15.4. The van der Waals surface area contributed by atoms with Gasteiger partial charge in [-0.2, -0.15) is 0 Å². The highest BCUT2D eigenvalue weighted by Gasteiger charge is 2.20. The molecule has 1 atom stereocenters. The predicted octanol–water partition coefficient (Wildman–Crippen LogP) is 3.35. The molecule has 0 spiro atoms. The van der Waals surface area contributed by atoms with Crippen LogP contribution in [0.3, 0.4) is 0 Å². The zero-order valence-corrected chi connectivity index (χ0v) is 16.3. The van der Waals surface area contributed by atoms with Gasteiger partial charge in [0.05, 0.1) is 17.1 Å². The molecule has 0 radical (unpaired) electrons. The first-order chi connectivity index (χ1) is 12.6. The molecule has 7 heteroatoms. The minimum Gasteiger partial charge on any atom is -0.486 e. The van der Waals surface area contributed by atoms with Gasteiger partial charge in [-0.05, 0) is 38.5 Å². The van der Waals surface area contributed by atoms with Crippen LogP contribution in [-0.4, -0.2) is 40.5 Å². The standard InChI is InChI=1S/C19H25N3O3S/c1-4-8-20-18(23)13(3)26-19-21-12-15(22(19)5-2)14-6-7-16-17(11-14)25-10-9-24-16/h6-7,11-13H,4-5,8-10H2,1-3H3,(H,20,23). The summed E-state index contributed by atoms with van der Waals surface area (Å²) in [7, 11) is 0. The summed E-state index contributed by atoms with van der Waals surface area (Å²) in [5, 5.41) is 3.59. The van der Waals surface area contributed by atoms with E-state index in [0.29, 0.717) is 19.8 Å². The van der Waals surface area contributed by atoms with Gasteiger partial charge in [0, 0.05) is 18.7 Å². The summed E-state index contributed by atoms with van der Waals surface area (Å²) in [4.78, 5) is 16.7. The number of carbonyl (C=O) groups is 1. The Hall–Kier alpha value is -2.15. The summed E-state index contributed by atoms with van der Waals surface area (Å²) in [6, 6.07) is 5.94. The van der Waals surface area contributed by atoms with Gasteiger partial charge in [0.2, 0.25) is 5.91 Å². The van der Waals surface area contributed by atoms with Crippen LogP contribution in [0.4, 0.5) is 0 Å². The van der Waals surface area contributed by atoms with Crippen LogP contribution in [0.1, 0.15) is 27.2 Å². The number of thioether (sulfide) groups is 1. The SMILES string of the molecule is CCCNC(=O)C(C)Sc1ncc(-c2ccc3c(c2)OCCO3)n1CC. The molecule has 1 aromatic heterocycles. The highest BCUT2D eigenvalue weighted by Crippen LogP contribution is 2.36. The normalized spacial score (nSPS) is 14.1.